The molecular weight excluding hydrogens is 404 g/mol. The van der Waals surface area contributed by atoms with Gasteiger partial charge in [0.25, 0.3) is 5.56 Å². The summed E-state index contributed by atoms with van der Waals surface area (Å²) in [5.74, 6) is 0.900. The van der Waals surface area contributed by atoms with E-state index < -0.39 is 0 Å². The van der Waals surface area contributed by atoms with Gasteiger partial charge in [0.1, 0.15) is 11.5 Å². The Morgan fingerprint density at radius 2 is 1.78 bits per heavy atom. The summed E-state index contributed by atoms with van der Waals surface area (Å²) in [7, 11) is 0. The Hall–Kier alpha value is -4.33. The number of H-pyrrole nitrogens is 1. The molecule has 2 N–H and O–H groups in total. The maximum atomic E-state index is 12.7. The minimum absolute atomic E-state index is 0.115. The van der Waals surface area contributed by atoms with Crippen molar-refractivity contribution in [1.82, 2.24) is 24.7 Å². The molecule has 0 saturated heterocycles. The average Bonchev–Trinajstić information content (AvgIpc) is 3.17. The second-order valence-corrected chi connectivity index (χ2v) is 7.52. The Kier molecular flexibility index (Phi) is 4.95. The minimum Gasteiger partial charge on any atom is -0.319 e. The van der Waals surface area contributed by atoms with Crippen molar-refractivity contribution in [3.63, 3.8) is 0 Å². The molecule has 3 heterocycles. The van der Waals surface area contributed by atoms with Gasteiger partial charge in [-0.25, -0.2) is 9.97 Å². The highest BCUT2D eigenvalue weighted by molar-refractivity contribution is 5.90. The van der Waals surface area contributed by atoms with E-state index in [2.05, 4.69) is 25.4 Å². The fourth-order valence-corrected chi connectivity index (χ4v) is 3.61. The number of aromatic amines is 1. The van der Waals surface area contributed by atoms with Gasteiger partial charge in [-0.15, -0.1) is 0 Å². The van der Waals surface area contributed by atoms with Gasteiger partial charge in [-0.3, -0.25) is 9.59 Å². The third-order valence-corrected chi connectivity index (χ3v) is 5.16. The van der Waals surface area contributed by atoms with Crippen molar-refractivity contribution < 1.29 is 4.79 Å². The molecule has 1 amide bonds. The van der Waals surface area contributed by atoms with Crippen LogP contribution in [0, 0.1) is 6.92 Å². The van der Waals surface area contributed by atoms with Crippen LogP contribution in [-0.2, 0) is 11.2 Å². The maximum absolute atomic E-state index is 12.7. The highest BCUT2D eigenvalue weighted by atomic mass is 16.1. The average molecular weight is 424 g/mol. The number of nitrogens with zero attached hydrogens (tertiary/aromatic N) is 4. The van der Waals surface area contributed by atoms with Crippen molar-refractivity contribution in [2.45, 2.75) is 19.8 Å². The van der Waals surface area contributed by atoms with Gasteiger partial charge in [-0.05, 0) is 37.3 Å². The topological polar surface area (TPSA) is 106 Å². The van der Waals surface area contributed by atoms with Crippen LogP contribution >= 0.6 is 0 Å². The number of hydrogen-bond acceptors (Lipinski definition) is 5. The van der Waals surface area contributed by atoms with E-state index in [-0.39, 0.29) is 24.3 Å². The zero-order chi connectivity index (χ0) is 22.1. The SMILES string of the molecule is Cc1cc(NC(=O)CCc2nc3ccccc3[nH]c2=O)n(-c2ccc3ccccc3n2)n1. The number of aromatic nitrogens is 5. The summed E-state index contributed by atoms with van der Waals surface area (Å²) in [4.78, 5) is 36.8. The molecular formula is C24H20N6O2. The van der Waals surface area contributed by atoms with Crippen molar-refractivity contribution in [2.75, 3.05) is 5.32 Å². The molecule has 0 saturated carbocycles. The molecule has 0 aliphatic rings. The molecule has 8 nitrogen and oxygen atoms in total. The number of fused-ring (bicyclic) bond motifs is 2. The Morgan fingerprint density at radius 1 is 1.00 bits per heavy atom. The van der Waals surface area contributed by atoms with E-state index in [9.17, 15) is 9.59 Å². The summed E-state index contributed by atoms with van der Waals surface area (Å²) in [6.07, 6.45) is 0.344. The Balaban J connectivity index is 1.35. The monoisotopic (exact) mass is 424 g/mol. The number of rotatable bonds is 5. The number of carbonyl (C=O) groups is 1. The van der Waals surface area contributed by atoms with Gasteiger partial charge >= 0.3 is 0 Å². The van der Waals surface area contributed by atoms with Gasteiger partial charge in [0.2, 0.25) is 5.91 Å². The number of anilines is 1. The van der Waals surface area contributed by atoms with Crippen molar-refractivity contribution >= 4 is 33.7 Å². The van der Waals surface area contributed by atoms with Gasteiger partial charge in [-0.1, -0.05) is 30.3 Å². The largest absolute Gasteiger partial charge is 0.319 e. The molecule has 5 rings (SSSR count). The first-order valence-corrected chi connectivity index (χ1v) is 10.3. The van der Waals surface area contributed by atoms with Gasteiger partial charge < -0.3 is 10.3 Å². The predicted octanol–water partition coefficient (Wildman–Crippen LogP) is 3.54. The molecule has 0 spiro atoms. The molecule has 8 heteroatoms. The van der Waals surface area contributed by atoms with Crippen molar-refractivity contribution in [3.8, 4) is 5.82 Å². The number of amides is 1. The summed E-state index contributed by atoms with van der Waals surface area (Å²) >= 11 is 0. The zero-order valence-electron chi connectivity index (χ0n) is 17.4. The molecule has 2 aromatic carbocycles. The first kappa shape index (κ1) is 19.6. The molecule has 0 aliphatic carbocycles. The van der Waals surface area contributed by atoms with E-state index in [1.807, 2.05) is 61.5 Å². The van der Waals surface area contributed by atoms with Gasteiger partial charge in [-0.2, -0.15) is 9.78 Å². The number of pyridine rings is 1. The standard InChI is InChI=1S/C24H20N6O2/c1-15-14-22(30(29-15)21-12-10-16-6-2-3-7-17(16)26-21)28-23(31)13-11-20-24(32)27-19-9-5-4-8-18(19)25-20/h2-10,12,14H,11,13H2,1H3,(H,27,32)(H,28,31). The molecule has 3 aromatic heterocycles. The lowest BCUT2D eigenvalue weighted by atomic mass is 10.2. The highest BCUT2D eigenvalue weighted by Crippen LogP contribution is 2.19. The number of aryl methyl sites for hydroxylation is 2. The summed E-state index contributed by atoms with van der Waals surface area (Å²) in [6.45, 7) is 1.85. The van der Waals surface area contributed by atoms with Crippen molar-refractivity contribution in [3.05, 3.63) is 88.5 Å². The van der Waals surface area contributed by atoms with E-state index >= 15 is 0 Å². The van der Waals surface area contributed by atoms with Crippen LogP contribution in [0.3, 0.4) is 0 Å². The summed E-state index contributed by atoms with van der Waals surface area (Å²) in [5, 5.41) is 8.39. The quantitative estimate of drug-likeness (QED) is 0.449. The number of para-hydroxylation sites is 3. The number of benzene rings is 2. The smallest absolute Gasteiger partial charge is 0.270 e. The van der Waals surface area contributed by atoms with Crippen LogP contribution in [0.2, 0.25) is 0 Å². The lowest BCUT2D eigenvalue weighted by molar-refractivity contribution is -0.116. The lowest BCUT2D eigenvalue weighted by Gasteiger charge is -2.09. The van der Waals surface area contributed by atoms with Gasteiger partial charge in [0.15, 0.2) is 5.82 Å². The Labute approximate surface area is 183 Å². The first-order chi connectivity index (χ1) is 15.6. The Bertz CT molecular complexity index is 1520. The van der Waals surface area contributed by atoms with Crippen LogP contribution in [0.5, 0.6) is 0 Å². The van der Waals surface area contributed by atoms with Crippen LogP contribution in [0.1, 0.15) is 17.8 Å². The fraction of sp³-hybridized carbons (Fsp3) is 0.125. The highest BCUT2D eigenvalue weighted by Gasteiger charge is 2.14. The molecule has 158 valence electrons. The lowest BCUT2D eigenvalue weighted by Crippen LogP contribution is -2.20. The van der Waals surface area contributed by atoms with Gasteiger partial charge in [0, 0.05) is 24.3 Å². The minimum atomic E-state index is -0.280. The van der Waals surface area contributed by atoms with Crippen LogP contribution < -0.4 is 10.9 Å². The number of hydrogen-bond donors (Lipinski definition) is 2. The van der Waals surface area contributed by atoms with Gasteiger partial charge in [0.05, 0.1) is 22.2 Å². The van der Waals surface area contributed by atoms with Crippen molar-refractivity contribution in [1.29, 1.82) is 0 Å². The first-order valence-electron chi connectivity index (χ1n) is 10.3. The molecule has 0 aliphatic heterocycles. The Morgan fingerprint density at radius 3 is 2.66 bits per heavy atom. The molecule has 0 unspecified atom stereocenters. The molecule has 5 aromatic rings. The van der Waals surface area contributed by atoms with E-state index in [0.29, 0.717) is 28.4 Å². The number of nitrogens with one attached hydrogen (secondary N) is 2. The summed E-state index contributed by atoms with van der Waals surface area (Å²) < 4.78 is 1.61. The molecule has 0 atom stereocenters. The van der Waals surface area contributed by atoms with E-state index in [0.717, 1.165) is 16.6 Å². The molecule has 0 fully saturated rings. The normalized spacial score (nSPS) is 11.2. The molecule has 32 heavy (non-hydrogen) atoms. The molecule has 0 bridgehead atoms. The van der Waals surface area contributed by atoms with Crippen molar-refractivity contribution in [2.24, 2.45) is 0 Å². The predicted molar refractivity (Wildman–Crippen MR) is 123 cm³/mol. The third kappa shape index (κ3) is 3.85. The summed E-state index contributed by atoms with van der Waals surface area (Å²) in [5.41, 5.74) is 3.02. The third-order valence-electron chi connectivity index (χ3n) is 5.16. The number of carbonyl (C=O) groups excluding carboxylic acids is 1. The van der Waals surface area contributed by atoms with Crippen LogP contribution in [-0.4, -0.2) is 30.6 Å². The van der Waals surface area contributed by atoms with Crippen LogP contribution in [0.25, 0.3) is 27.8 Å². The fourth-order valence-electron chi connectivity index (χ4n) is 3.61. The molecule has 0 radical (unpaired) electrons. The van der Waals surface area contributed by atoms with E-state index in [1.54, 1.807) is 16.8 Å². The van der Waals surface area contributed by atoms with Crippen LogP contribution in [0.15, 0.2) is 71.5 Å². The summed E-state index contributed by atoms with van der Waals surface area (Å²) in [6, 6.07) is 20.7. The van der Waals surface area contributed by atoms with E-state index in [4.69, 9.17) is 0 Å². The second kappa shape index (κ2) is 8.07. The second-order valence-electron chi connectivity index (χ2n) is 7.52. The van der Waals surface area contributed by atoms with E-state index in [1.165, 1.54) is 0 Å². The van der Waals surface area contributed by atoms with Crippen LogP contribution in [0.4, 0.5) is 5.82 Å². The maximum Gasteiger partial charge on any atom is 0.270 e. The zero-order valence-corrected chi connectivity index (χ0v) is 17.4.